The summed E-state index contributed by atoms with van der Waals surface area (Å²) in [5, 5.41) is 3.11. The second kappa shape index (κ2) is 13.3. The molecule has 1 aliphatic carbocycles. The van der Waals surface area contributed by atoms with Crippen LogP contribution in [0.4, 0.5) is 10.1 Å². The number of halogens is 1. The predicted molar refractivity (Wildman–Crippen MR) is 158 cm³/mol. The number of aryl methyl sites for hydroxylation is 2. The minimum atomic E-state index is -4.20. The van der Waals surface area contributed by atoms with Gasteiger partial charge in [-0.1, -0.05) is 67.3 Å². The Labute approximate surface area is 242 Å². The zero-order valence-electron chi connectivity index (χ0n) is 23.8. The molecule has 218 valence electrons. The Kier molecular flexibility index (Phi) is 9.81. The number of carbonyl (C=O) groups is 2. The number of rotatable bonds is 11. The molecule has 0 spiro atoms. The van der Waals surface area contributed by atoms with Crippen LogP contribution in [0.1, 0.15) is 55.7 Å². The summed E-state index contributed by atoms with van der Waals surface area (Å²) in [6.45, 7) is 5.22. The molecule has 1 atom stereocenters. The number of amides is 2. The Morgan fingerprint density at radius 2 is 1.61 bits per heavy atom. The van der Waals surface area contributed by atoms with Crippen molar-refractivity contribution in [1.29, 1.82) is 0 Å². The Hall–Kier alpha value is -3.72. The molecule has 7 nitrogen and oxygen atoms in total. The van der Waals surface area contributed by atoms with Crippen LogP contribution in [0.15, 0.2) is 77.7 Å². The highest BCUT2D eigenvalue weighted by molar-refractivity contribution is 7.92. The molecule has 0 heterocycles. The average molecular weight is 580 g/mol. The zero-order valence-corrected chi connectivity index (χ0v) is 24.7. The van der Waals surface area contributed by atoms with Crippen LogP contribution in [0.25, 0.3) is 0 Å². The number of sulfonamides is 1. The molecule has 9 heteroatoms. The lowest BCUT2D eigenvalue weighted by molar-refractivity contribution is -0.140. The lowest BCUT2D eigenvalue weighted by Gasteiger charge is -2.34. The van der Waals surface area contributed by atoms with E-state index in [1.165, 1.54) is 29.2 Å². The van der Waals surface area contributed by atoms with Gasteiger partial charge in [-0.15, -0.1) is 0 Å². The van der Waals surface area contributed by atoms with Gasteiger partial charge in [0.25, 0.3) is 10.0 Å². The number of benzene rings is 3. The molecule has 0 unspecified atom stereocenters. The van der Waals surface area contributed by atoms with Gasteiger partial charge in [0.2, 0.25) is 11.8 Å². The van der Waals surface area contributed by atoms with Crippen LogP contribution in [-0.4, -0.2) is 43.8 Å². The van der Waals surface area contributed by atoms with Crippen molar-refractivity contribution in [2.75, 3.05) is 10.8 Å². The van der Waals surface area contributed by atoms with Crippen molar-refractivity contribution in [3.8, 4) is 0 Å². The van der Waals surface area contributed by atoms with Crippen LogP contribution in [0.5, 0.6) is 0 Å². The van der Waals surface area contributed by atoms with Gasteiger partial charge in [0.05, 0.1) is 10.6 Å². The Morgan fingerprint density at radius 1 is 0.951 bits per heavy atom. The van der Waals surface area contributed by atoms with E-state index in [4.69, 9.17) is 0 Å². The van der Waals surface area contributed by atoms with E-state index in [2.05, 4.69) is 5.32 Å². The summed E-state index contributed by atoms with van der Waals surface area (Å²) in [5.74, 6) is -1.29. The first-order valence-electron chi connectivity index (χ1n) is 14.1. The van der Waals surface area contributed by atoms with Crippen LogP contribution >= 0.6 is 0 Å². The van der Waals surface area contributed by atoms with Gasteiger partial charge >= 0.3 is 0 Å². The first-order chi connectivity index (χ1) is 19.6. The van der Waals surface area contributed by atoms with Gasteiger partial charge in [-0.05, 0) is 75.1 Å². The van der Waals surface area contributed by atoms with Crippen molar-refractivity contribution in [1.82, 2.24) is 10.2 Å². The normalized spacial score (nSPS) is 14.4. The highest BCUT2D eigenvalue weighted by Crippen LogP contribution is 2.26. The molecular formula is C32H38FN3O4S. The summed E-state index contributed by atoms with van der Waals surface area (Å²) in [5.41, 5.74) is 2.88. The highest BCUT2D eigenvalue weighted by Gasteiger charge is 2.34. The lowest BCUT2D eigenvalue weighted by Crippen LogP contribution is -2.53. The Morgan fingerprint density at radius 3 is 2.22 bits per heavy atom. The standard InChI is InChI=1S/C32H38FN3O4S/c1-4-30(32(38)34-27-10-5-6-11-27)35(21-25-9-7-8-24(3)20-25)31(37)22-36(28-16-14-26(33)15-17-28)41(39,40)29-18-12-23(2)13-19-29/h7-9,12-20,27,30H,4-6,10-11,21-22H2,1-3H3,(H,34,38)/t30-/m1/s1. The third kappa shape index (κ3) is 7.52. The Bertz CT molecular complexity index is 1450. The first kappa shape index (κ1) is 30.2. The molecule has 3 aromatic rings. The molecule has 2 amide bonds. The quantitative estimate of drug-likeness (QED) is 0.325. The maximum Gasteiger partial charge on any atom is 0.264 e. The minimum absolute atomic E-state index is 0.0106. The number of hydrogen-bond acceptors (Lipinski definition) is 4. The summed E-state index contributed by atoms with van der Waals surface area (Å²) in [7, 11) is -4.20. The van der Waals surface area contributed by atoms with Crippen LogP contribution in [0.3, 0.4) is 0 Å². The number of anilines is 1. The van der Waals surface area contributed by atoms with Crippen molar-refractivity contribution < 1.29 is 22.4 Å². The number of carbonyl (C=O) groups excluding carboxylic acids is 2. The van der Waals surface area contributed by atoms with E-state index >= 15 is 0 Å². The number of nitrogens with zero attached hydrogens (tertiary/aromatic N) is 2. The molecule has 1 N–H and O–H groups in total. The van der Waals surface area contributed by atoms with Crippen molar-refractivity contribution in [2.45, 2.75) is 76.4 Å². The third-order valence-electron chi connectivity index (χ3n) is 7.53. The zero-order chi connectivity index (χ0) is 29.6. The molecule has 4 rings (SSSR count). The Balaban J connectivity index is 1.71. The van der Waals surface area contributed by atoms with Crippen molar-refractivity contribution >= 4 is 27.5 Å². The largest absolute Gasteiger partial charge is 0.352 e. The molecule has 0 bridgehead atoms. The van der Waals surface area contributed by atoms with Gasteiger partial charge in [0, 0.05) is 12.6 Å². The minimum Gasteiger partial charge on any atom is -0.352 e. The van der Waals surface area contributed by atoms with Crippen molar-refractivity contribution in [3.63, 3.8) is 0 Å². The highest BCUT2D eigenvalue weighted by atomic mass is 32.2. The predicted octanol–water partition coefficient (Wildman–Crippen LogP) is 5.50. The summed E-state index contributed by atoms with van der Waals surface area (Å²) in [6, 6.07) is 18.3. The van der Waals surface area contributed by atoms with Gasteiger partial charge in [-0.2, -0.15) is 0 Å². The summed E-state index contributed by atoms with van der Waals surface area (Å²) >= 11 is 0. The molecule has 1 saturated carbocycles. The average Bonchev–Trinajstić information content (AvgIpc) is 3.45. The van der Waals surface area contributed by atoms with Crippen LogP contribution in [-0.2, 0) is 26.2 Å². The first-order valence-corrected chi connectivity index (χ1v) is 15.5. The van der Waals surface area contributed by atoms with E-state index in [1.54, 1.807) is 12.1 Å². The summed E-state index contributed by atoms with van der Waals surface area (Å²) in [6.07, 6.45) is 4.27. The van der Waals surface area contributed by atoms with Gasteiger partial charge in [0.1, 0.15) is 18.4 Å². The van der Waals surface area contributed by atoms with Gasteiger partial charge in [0.15, 0.2) is 0 Å². The fourth-order valence-corrected chi connectivity index (χ4v) is 6.68. The maximum atomic E-state index is 14.1. The molecular weight excluding hydrogens is 541 g/mol. The fourth-order valence-electron chi connectivity index (χ4n) is 5.27. The van der Waals surface area contributed by atoms with E-state index in [9.17, 15) is 22.4 Å². The smallest absolute Gasteiger partial charge is 0.264 e. The van der Waals surface area contributed by atoms with Gasteiger partial charge in [-0.3, -0.25) is 13.9 Å². The molecule has 0 aromatic heterocycles. The maximum absolute atomic E-state index is 14.1. The molecule has 3 aromatic carbocycles. The molecule has 0 radical (unpaired) electrons. The van der Waals surface area contributed by atoms with Crippen molar-refractivity contribution in [3.05, 3.63) is 95.3 Å². The molecule has 41 heavy (non-hydrogen) atoms. The third-order valence-corrected chi connectivity index (χ3v) is 9.31. The number of hydrogen-bond donors (Lipinski definition) is 1. The summed E-state index contributed by atoms with van der Waals surface area (Å²) < 4.78 is 42.5. The SMILES string of the molecule is CC[C@H](C(=O)NC1CCCC1)N(Cc1cccc(C)c1)C(=O)CN(c1ccc(F)cc1)S(=O)(=O)c1ccc(C)cc1. The lowest BCUT2D eigenvalue weighted by atomic mass is 10.1. The topological polar surface area (TPSA) is 86.8 Å². The molecule has 0 saturated heterocycles. The van der Waals surface area contributed by atoms with E-state index in [-0.39, 0.29) is 29.1 Å². The number of nitrogens with one attached hydrogen (secondary N) is 1. The second-order valence-corrected chi connectivity index (χ2v) is 12.6. The fraction of sp³-hybridized carbons (Fsp3) is 0.375. The molecule has 0 aliphatic heterocycles. The van der Waals surface area contributed by atoms with Gasteiger partial charge < -0.3 is 10.2 Å². The second-order valence-electron chi connectivity index (χ2n) is 10.7. The molecule has 1 aliphatic rings. The molecule has 1 fully saturated rings. The van der Waals surface area contributed by atoms with Crippen LogP contribution in [0, 0.1) is 19.7 Å². The summed E-state index contributed by atoms with van der Waals surface area (Å²) in [4.78, 5) is 29.1. The van der Waals surface area contributed by atoms with E-state index < -0.39 is 34.3 Å². The van der Waals surface area contributed by atoms with E-state index in [0.717, 1.165) is 58.8 Å². The van der Waals surface area contributed by atoms with Crippen molar-refractivity contribution in [2.24, 2.45) is 0 Å². The monoisotopic (exact) mass is 579 g/mol. The van der Waals surface area contributed by atoms with E-state index in [1.807, 2.05) is 45.0 Å². The van der Waals surface area contributed by atoms with Crippen LogP contribution in [0.2, 0.25) is 0 Å². The van der Waals surface area contributed by atoms with E-state index in [0.29, 0.717) is 6.42 Å². The van der Waals surface area contributed by atoms with Gasteiger partial charge in [-0.25, -0.2) is 12.8 Å². The van der Waals surface area contributed by atoms with Crippen LogP contribution < -0.4 is 9.62 Å².